The summed E-state index contributed by atoms with van der Waals surface area (Å²) < 4.78 is 17.6. The Morgan fingerprint density at radius 1 is 1.17 bits per heavy atom. The van der Waals surface area contributed by atoms with E-state index in [-0.39, 0.29) is 11.5 Å². The average Bonchev–Trinajstić information content (AvgIpc) is 2.78. The molecule has 2 aliphatic carbocycles. The van der Waals surface area contributed by atoms with Crippen molar-refractivity contribution in [2.45, 2.75) is 31.7 Å². The van der Waals surface area contributed by atoms with Gasteiger partial charge in [-0.25, -0.2) is 0 Å². The van der Waals surface area contributed by atoms with Crippen LogP contribution in [0.4, 0.5) is 0 Å². The van der Waals surface area contributed by atoms with E-state index < -0.39 is 5.79 Å². The monoisotopic (exact) mass is 246 g/mol. The van der Waals surface area contributed by atoms with Gasteiger partial charge in [0.25, 0.3) is 0 Å². The molecule has 0 radical (unpaired) electrons. The van der Waals surface area contributed by atoms with Crippen molar-refractivity contribution in [3.8, 4) is 0 Å². The zero-order valence-corrected chi connectivity index (χ0v) is 10.6. The molecule has 1 spiro atoms. The number of rotatable bonds is 0. The molecule has 0 aromatic carbocycles. The fraction of sp³-hybridized carbons (Fsp3) is 0.600. The molecule has 96 valence electrons. The maximum Gasteiger partial charge on any atom is 0.188 e. The molecule has 0 aromatic heterocycles. The summed E-state index contributed by atoms with van der Waals surface area (Å²) in [6, 6.07) is 0. The summed E-state index contributed by atoms with van der Waals surface area (Å²) in [6.45, 7) is 3.44. The van der Waals surface area contributed by atoms with Gasteiger partial charge in [-0.2, -0.15) is 0 Å². The largest absolute Gasteiger partial charge is 0.495 e. The third-order valence-corrected chi connectivity index (χ3v) is 4.56. The van der Waals surface area contributed by atoms with Gasteiger partial charge in [0, 0.05) is 24.2 Å². The van der Waals surface area contributed by atoms with E-state index in [1.54, 1.807) is 0 Å². The Hall–Kier alpha value is -1.06. The fourth-order valence-electron chi connectivity index (χ4n) is 3.79. The van der Waals surface area contributed by atoms with Gasteiger partial charge < -0.3 is 14.2 Å². The molecular formula is C15H18O3. The van der Waals surface area contributed by atoms with Crippen LogP contribution in [0.1, 0.15) is 19.8 Å². The van der Waals surface area contributed by atoms with Crippen LogP contribution in [0.5, 0.6) is 0 Å². The van der Waals surface area contributed by atoms with Crippen LogP contribution in [-0.2, 0) is 14.2 Å². The van der Waals surface area contributed by atoms with Gasteiger partial charge in [-0.3, -0.25) is 0 Å². The highest BCUT2D eigenvalue weighted by Crippen LogP contribution is 2.53. The van der Waals surface area contributed by atoms with Crippen LogP contribution >= 0.6 is 0 Å². The first-order chi connectivity index (χ1) is 8.72. The summed E-state index contributed by atoms with van der Waals surface area (Å²) in [6.07, 6.45) is 13.3. The second-order valence-electron chi connectivity index (χ2n) is 5.70. The molecule has 0 saturated carbocycles. The summed E-state index contributed by atoms with van der Waals surface area (Å²) in [5, 5.41) is 0. The third kappa shape index (κ3) is 1.38. The molecule has 3 nitrogen and oxygen atoms in total. The molecule has 2 aliphatic heterocycles. The third-order valence-electron chi connectivity index (χ3n) is 4.56. The lowest BCUT2D eigenvalue weighted by atomic mass is 9.62. The van der Waals surface area contributed by atoms with Crippen LogP contribution in [0.25, 0.3) is 0 Å². The van der Waals surface area contributed by atoms with Crippen LogP contribution in [0.3, 0.4) is 0 Å². The molecule has 0 aromatic rings. The molecule has 1 saturated heterocycles. The maximum absolute atomic E-state index is 5.99. The van der Waals surface area contributed by atoms with Crippen molar-refractivity contribution in [2.24, 2.45) is 11.3 Å². The van der Waals surface area contributed by atoms with Gasteiger partial charge >= 0.3 is 0 Å². The molecule has 18 heavy (non-hydrogen) atoms. The highest BCUT2D eigenvalue weighted by atomic mass is 16.7. The molecular weight excluding hydrogens is 228 g/mol. The lowest BCUT2D eigenvalue weighted by Crippen LogP contribution is -2.49. The van der Waals surface area contributed by atoms with Crippen molar-refractivity contribution in [1.29, 1.82) is 0 Å². The smallest absolute Gasteiger partial charge is 0.188 e. The summed E-state index contributed by atoms with van der Waals surface area (Å²) in [7, 11) is 0. The first-order valence-corrected chi connectivity index (χ1v) is 6.74. The van der Waals surface area contributed by atoms with Gasteiger partial charge in [0.05, 0.1) is 19.0 Å². The minimum atomic E-state index is -0.486. The Bertz CT molecular complexity index is 456. The minimum absolute atomic E-state index is 0.0197. The van der Waals surface area contributed by atoms with Gasteiger partial charge in [-0.1, -0.05) is 18.2 Å². The number of hydrogen-bond donors (Lipinski definition) is 0. The van der Waals surface area contributed by atoms with E-state index in [0.717, 1.165) is 18.6 Å². The van der Waals surface area contributed by atoms with Crippen molar-refractivity contribution < 1.29 is 14.2 Å². The Balaban J connectivity index is 1.80. The van der Waals surface area contributed by atoms with E-state index >= 15 is 0 Å². The number of allylic oxidation sites excluding steroid dienone is 4. The summed E-state index contributed by atoms with van der Waals surface area (Å²) in [4.78, 5) is 0. The van der Waals surface area contributed by atoms with E-state index in [9.17, 15) is 0 Å². The average molecular weight is 246 g/mol. The van der Waals surface area contributed by atoms with Gasteiger partial charge in [0.1, 0.15) is 6.10 Å². The molecule has 2 bridgehead atoms. The molecule has 3 atom stereocenters. The van der Waals surface area contributed by atoms with Gasteiger partial charge in [-0.15, -0.1) is 0 Å². The molecule has 1 fully saturated rings. The number of ether oxygens (including phenoxy) is 3. The van der Waals surface area contributed by atoms with Crippen molar-refractivity contribution in [3.05, 3.63) is 36.1 Å². The minimum Gasteiger partial charge on any atom is -0.495 e. The SMILES string of the molecule is CC1=CC23C=CCC(O1)C2CC1(C=C3)OCCO1. The van der Waals surface area contributed by atoms with E-state index in [2.05, 4.69) is 30.4 Å². The summed E-state index contributed by atoms with van der Waals surface area (Å²) >= 11 is 0. The predicted molar refractivity (Wildman–Crippen MR) is 66.7 cm³/mol. The zero-order chi connectivity index (χ0) is 12.2. The van der Waals surface area contributed by atoms with Crippen molar-refractivity contribution >= 4 is 0 Å². The summed E-state index contributed by atoms with van der Waals surface area (Å²) in [5.74, 6) is 0.976. The predicted octanol–water partition coefficient (Wildman–Crippen LogP) is 2.55. The van der Waals surface area contributed by atoms with Gasteiger partial charge in [-0.05, 0) is 19.1 Å². The first kappa shape index (κ1) is 10.8. The molecule has 3 heteroatoms. The van der Waals surface area contributed by atoms with Crippen LogP contribution in [0.15, 0.2) is 36.1 Å². The van der Waals surface area contributed by atoms with E-state index in [1.165, 1.54) is 0 Å². The van der Waals surface area contributed by atoms with Crippen molar-refractivity contribution in [2.75, 3.05) is 13.2 Å². The zero-order valence-electron chi connectivity index (χ0n) is 10.6. The van der Waals surface area contributed by atoms with Crippen molar-refractivity contribution in [1.82, 2.24) is 0 Å². The Morgan fingerprint density at radius 2 is 2.00 bits per heavy atom. The van der Waals surface area contributed by atoms with E-state index in [1.807, 2.05) is 6.92 Å². The van der Waals surface area contributed by atoms with Crippen LogP contribution in [0.2, 0.25) is 0 Å². The lowest BCUT2D eigenvalue weighted by molar-refractivity contribution is -0.156. The van der Waals surface area contributed by atoms with Crippen LogP contribution in [0, 0.1) is 11.3 Å². The maximum atomic E-state index is 5.99. The first-order valence-electron chi connectivity index (χ1n) is 6.74. The molecule has 0 amide bonds. The highest BCUT2D eigenvalue weighted by molar-refractivity contribution is 5.34. The summed E-state index contributed by atoms with van der Waals surface area (Å²) in [5.41, 5.74) is 0.0197. The topological polar surface area (TPSA) is 27.7 Å². The normalized spacial score (nSPS) is 43.5. The molecule has 3 unspecified atom stereocenters. The lowest BCUT2D eigenvalue weighted by Gasteiger charge is -2.50. The molecule has 0 N–H and O–H groups in total. The second-order valence-corrected chi connectivity index (χ2v) is 5.70. The van der Waals surface area contributed by atoms with Crippen LogP contribution in [-0.4, -0.2) is 25.1 Å². The van der Waals surface area contributed by atoms with Crippen molar-refractivity contribution in [3.63, 3.8) is 0 Å². The Morgan fingerprint density at radius 3 is 2.83 bits per heavy atom. The quantitative estimate of drug-likeness (QED) is 0.615. The van der Waals surface area contributed by atoms with Gasteiger partial charge in [0.15, 0.2) is 5.79 Å². The Labute approximate surface area is 107 Å². The van der Waals surface area contributed by atoms with Gasteiger partial charge in [0.2, 0.25) is 0 Å². The molecule has 2 heterocycles. The Kier molecular flexibility index (Phi) is 2.10. The molecule has 4 rings (SSSR count). The van der Waals surface area contributed by atoms with E-state index in [4.69, 9.17) is 14.2 Å². The second kappa shape index (κ2) is 3.49. The standard InChI is InChI=1S/C15H18O3/c1-11-9-14-4-2-3-13(18-11)12(14)10-15(6-5-14)16-7-8-17-15/h2,4-6,9,12-13H,3,7-8,10H2,1H3. The fourth-order valence-corrected chi connectivity index (χ4v) is 3.79. The molecule has 4 aliphatic rings. The number of hydrogen-bond acceptors (Lipinski definition) is 3. The van der Waals surface area contributed by atoms with Crippen LogP contribution < -0.4 is 0 Å². The highest BCUT2D eigenvalue weighted by Gasteiger charge is 2.52. The van der Waals surface area contributed by atoms with E-state index in [0.29, 0.717) is 19.1 Å².